The molecule has 0 fully saturated rings. The summed E-state index contributed by atoms with van der Waals surface area (Å²) >= 11 is 0. The van der Waals surface area contributed by atoms with Gasteiger partial charge in [0.15, 0.2) is 5.43 Å². The van der Waals surface area contributed by atoms with E-state index < -0.39 is 6.04 Å². The zero-order valence-electron chi connectivity index (χ0n) is 20.0. The van der Waals surface area contributed by atoms with Crippen molar-refractivity contribution in [2.24, 2.45) is 0 Å². The summed E-state index contributed by atoms with van der Waals surface area (Å²) in [5, 5.41) is 0.470. The molecule has 5 rings (SSSR count). The maximum absolute atomic E-state index is 13.7. The van der Waals surface area contributed by atoms with E-state index in [9.17, 15) is 9.59 Å². The van der Waals surface area contributed by atoms with Gasteiger partial charge in [0.2, 0.25) is 5.76 Å². The fourth-order valence-electron chi connectivity index (χ4n) is 4.49. The summed E-state index contributed by atoms with van der Waals surface area (Å²) in [5.41, 5.74) is 2.96. The van der Waals surface area contributed by atoms with Crippen LogP contribution in [0.2, 0.25) is 0 Å². The first-order valence-electron chi connectivity index (χ1n) is 11.8. The van der Waals surface area contributed by atoms with Gasteiger partial charge in [0, 0.05) is 5.69 Å². The number of hydrogen-bond donors (Lipinski definition) is 0. The van der Waals surface area contributed by atoms with Crippen molar-refractivity contribution < 1.29 is 18.7 Å². The molecule has 0 bridgehead atoms. The van der Waals surface area contributed by atoms with Crippen molar-refractivity contribution in [3.05, 3.63) is 99.4 Å². The number of aryl methyl sites for hydroxylation is 1. The van der Waals surface area contributed by atoms with Crippen LogP contribution in [-0.2, 0) is 0 Å². The fourth-order valence-corrected chi connectivity index (χ4v) is 4.49. The van der Waals surface area contributed by atoms with Crippen LogP contribution in [0.15, 0.2) is 75.9 Å². The number of unbranched alkanes of at least 4 members (excludes halogenated alkanes) is 1. The van der Waals surface area contributed by atoms with Gasteiger partial charge in [-0.1, -0.05) is 37.1 Å². The number of fused-ring (bicyclic) bond motifs is 2. The molecule has 0 spiro atoms. The number of amides is 1. The quantitative estimate of drug-likeness (QED) is 0.309. The first-order chi connectivity index (χ1) is 17.0. The molecular weight excluding hydrogens is 442 g/mol. The van der Waals surface area contributed by atoms with Crippen LogP contribution in [0.1, 0.15) is 53.1 Å². The van der Waals surface area contributed by atoms with Gasteiger partial charge in [-0.3, -0.25) is 14.5 Å². The SMILES string of the molecule is CCCCOc1ccc(C2c3c(oc4ccc(C)cc4c3=O)C(=O)N2c2ccc(OC)cc2)cc1. The highest BCUT2D eigenvalue weighted by atomic mass is 16.5. The van der Waals surface area contributed by atoms with Crippen molar-refractivity contribution in [1.82, 2.24) is 0 Å². The smallest absolute Gasteiger partial charge is 0.295 e. The molecule has 1 aliphatic heterocycles. The number of ether oxygens (including phenoxy) is 2. The second-order valence-electron chi connectivity index (χ2n) is 8.72. The Morgan fingerprint density at radius 3 is 2.34 bits per heavy atom. The minimum Gasteiger partial charge on any atom is -0.497 e. The minimum absolute atomic E-state index is 0.0791. The standard InChI is InChI=1S/C29H27NO5/c1-4-5-16-34-22-11-7-19(8-12-22)26-25-27(31)23-17-18(2)6-15-24(23)35-28(25)29(32)30(26)20-9-13-21(33-3)14-10-20/h6-15,17,26H,4-5,16H2,1-3H3. The molecule has 0 saturated heterocycles. The first kappa shape index (κ1) is 22.7. The van der Waals surface area contributed by atoms with E-state index in [0.29, 0.717) is 34.6 Å². The monoisotopic (exact) mass is 469 g/mol. The van der Waals surface area contributed by atoms with E-state index in [-0.39, 0.29) is 17.1 Å². The largest absolute Gasteiger partial charge is 0.497 e. The van der Waals surface area contributed by atoms with Crippen molar-refractivity contribution in [3.8, 4) is 11.5 Å². The van der Waals surface area contributed by atoms with Gasteiger partial charge in [0.25, 0.3) is 5.91 Å². The Hall–Kier alpha value is -4.06. The summed E-state index contributed by atoms with van der Waals surface area (Å²) in [6, 6.07) is 19.6. The van der Waals surface area contributed by atoms with Crippen LogP contribution < -0.4 is 19.8 Å². The van der Waals surface area contributed by atoms with Gasteiger partial charge in [0.05, 0.1) is 30.7 Å². The lowest BCUT2D eigenvalue weighted by Gasteiger charge is -2.25. The Kier molecular flexibility index (Phi) is 6.03. The van der Waals surface area contributed by atoms with Gasteiger partial charge < -0.3 is 13.9 Å². The van der Waals surface area contributed by atoms with E-state index in [4.69, 9.17) is 13.9 Å². The highest BCUT2D eigenvalue weighted by Gasteiger charge is 2.43. The number of nitrogens with zero attached hydrogens (tertiary/aromatic N) is 1. The Morgan fingerprint density at radius 2 is 1.66 bits per heavy atom. The molecule has 178 valence electrons. The van der Waals surface area contributed by atoms with Crippen molar-refractivity contribution in [3.63, 3.8) is 0 Å². The lowest BCUT2D eigenvalue weighted by atomic mass is 9.97. The maximum Gasteiger partial charge on any atom is 0.295 e. The third-order valence-electron chi connectivity index (χ3n) is 6.34. The molecule has 6 heteroatoms. The Balaban J connectivity index is 1.66. The van der Waals surface area contributed by atoms with Crippen molar-refractivity contribution >= 4 is 22.6 Å². The predicted octanol–water partition coefficient (Wildman–Crippen LogP) is 6.04. The Bertz CT molecular complexity index is 1440. The van der Waals surface area contributed by atoms with Crippen molar-refractivity contribution in [1.29, 1.82) is 0 Å². The van der Waals surface area contributed by atoms with E-state index in [0.717, 1.165) is 29.7 Å². The van der Waals surface area contributed by atoms with Crippen LogP contribution in [0.5, 0.6) is 11.5 Å². The number of methoxy groups -OCH3 is 1. The maximum atomic E-state index is 13.7. The molecule has 0 radical (unpaired) electrons. The van der Waals surface area contributed by atoms with Crippen molar-refractivity contribution in [2.75, 3.05) is 18.6 Å². The summed E-state index contributed by atoms with van der Waals surface area (Å²) in [7, 11) is 1.59. The third kappa shape index (κ3) is 4.05. The van der Waals surface area contributed by atoms with E-state index in [1.807, 2.05) is 55.5 Å². The number of rotatable bonds is 7. The second-order valence-corrected chi connectivity index (χ2v) is 8.72. The second kappa shape index (κ2) is 9.29. The molecule has 1 aromatic heterocycles. The molecule has 0 aliphatic carbocycles. The molecule has 3 aromatic carbocycles. The van der Waals surface area contributed by atoms with Gasteiger partial charge in [-0.2, -0.15) is 0 Å². The molecule has 0 saturated carbocycles. The number of anilines is 1. The average Bonchev–Trinajstić information content (AvgIpc) is 3.17. The van der Waals surface area contributed by atoms with Crippen LogP contribution in [0.25, 0.3) is 11.0 Å². The lowest BCUT2D eigenvalue weighted by molar-refractivity contribution is 0.0971. The molecule has 6 nitrogen and oxygen atoms in total. The van der Waals surface area contributed by atoms with Crippen LogP contribution in [0.4, 0.5) is 5.69 Å². The van der Waals surface area contributed by atoms with Crippen LogP contribution in [-0.4, -0.2) is 19.6 Å². The highest BCUT2D eigenvalue weighted by Crippen LogP contribution is 2.42. The summed E-state index contributed by atoms with van der Waals surface area (Å²) in [6.07, 6.45) is 2.03. The molecule has 1 atom stereocenters. The lowest BCUT2D eigenvalue weighted by Crippen LogP contribution is -2.29. The molecule has 1 aliphatic rings. The highest BCUT2D eigenvalue weighted by molar-refractivity contribution is 6.10. The number of benzene rings is 3. The van der Waals surface area contributed by atoms with Gasteiger partial charge >= 0.3 is 0 Å². The third-order valence-corrected chi connectivity index (χ3v) is 6.34. The van der Waals surface area contributed by atoms with Crippen LogP contribution >= 0.6 is 0 Å². The molecule has 35 heavy (non-hydrogen) atoms. The Morgan fingerprint density at radius 1 is 0.943 bits per heavy atom. The Labute approximate surface area is 203 Å². The molecule has 4 aromatic rings. The summed E-state index contributed by atoms with van der Waals surface area (Å²) < 4.78 is 17.1. The minimum atomic E-state index is -0.628. The summed E-state index contributed by atoms with van der Waals surface area (Å²) in [4.78, 5) is 29.0. The summed E-state index contributed by atoms with van der Waals surface area (Å²) in [6.45, 7) is 4.69. The normalized spacial score (nSPS) is 14.9. The molecule has 0 N–H and O–H groups in total. The number of carbonyl (C=O) groups is 1. The van der Waals surface area contributed by atoms with Gasteiger partial charge in [0.1, 0.15) is 17.1 Å². The van der Waals surface area contributed by atoms with E-state index in [2.05, 4.69) is 6.92 Å². The number of hydrogen-bond acceptors (Lipinski definition) is 5. The van der Waals surface area contributed by atoms with Crippen LogP contribution in [0, 0.1) is 6.92 Å². The van der Waals surface area contributed by atoms with Crippen molar-refractivity contribution in [2.45, 2.75) is 32.7 Å². The zero-order chi connectivity index (χ0) is 24.5. The summed E-state index contributed by atoms with van der Waals surface area (Å²) in [5.74, 6) is 1.16. The van der Waals surface area contributed by atoms with Gasteiger partial charge in [-0.15, -0.1) is 0 Å². The van der Waals surface area contributed by atoms with Crippen LogP contribution in [0.3, 0.4) is 0 Å². The fraction of sp³-hybridized carbons (Fsp3) is 0.241. The van der Waals surface area contributed by atoms with Gasteiger partial charge in [-0.25, -0.2) is 0 Å². The predicted molar refractivity (Wildman–Crippen MR) is 136 cm³/mol. The molecule has 1 amide bonds. The molecular formula is C29H27NO5. The number of carbonyl (C=O) groups excluding carboxylic acids is 1. The average molecular weight is 470 g/mol. The molecule has 2 heterocycles. The molecule has 1 unspecified atom stereocenters. The van der Waals surface area contributed by atoms with E-state index >= 15 is 0 Å². The van der Waals surface area contributed by atoms with Gasteiger partial charge in [-0.05, 0) is 67.4 Å². The van der Waals surface area contributed by atoms with E-state index in [1.165, 1.54) is 0 Å². The first-order valence-corrected chi connectivity index (χ1v) is 11.8. The topological polar surface area (TPSA) is 69.0 Å². The zero-order valence-corrected chi connectivity index (χ0v) is 20.0. The van der Waals surface area contributed by atoms with E-state index in [1.54, 1.807) is 30.2 Å².